The van der Waals surface area contributed by atoms with Crippen molar-refractivity contribution in [2.75, 3.05) is 10.6 Å². The fourth-order valence-electron chi connectivity index (χ4n) is 3.55. The molecule has 138 valence electrons. The number of carbonyl (C=O) groups is 1. The van der Waals surface area contributed by atoms with E-state index in [0.29, 0.717) is 11.7 Å². The average Bonchev–Trinajstić information content (AvgIpc) is 2.97. The molecule has 4 rings (SSSR count). The van der Waals surface area contributed by atoms with Gasteiger partial charge in [-0.15, -0.1) is 10.2 Å². The first-order valence-corrected chi connectivity index (χ1v) is 9.55. The van der Waals surface area contributed by atoms with Gasteiger partial charge < -0.3 is 10.6 Å². The van der Waals surface area contributed by atoms with E-state index in [1.165, 1.54) is 25.7 Å². The zero-order valence-electron chi connectivity index (χ0n) is 15.2. The molecule has 2 aromatic heterocycles. The number of amides is 1. The van der Waals surface area contributed by atoms with Crippen LogP contribution in [0.25, 0.3) is 10.9 Å². The molecule has 2 heterocycles. The Hall–Kier alpha value is -3.02. The van der Waals surface area contributed by atoms with Crippen LogP contribution in [0.1, 0.15) is 49.0 Å². The van der Waals surface area contributed by atoms with Crippen LogP contribution < -0.4 is 10.6 Å². The fraction of sp³-hybridized carbons (Fsp3) is 0.333. The van der Waals surface area contributed by atoms with Gasteiger partial charge in [0.1, 0.15) is 5.82 Å². The van der Waals surface area contributed by atoms with Crippen LogP contribution in [0.4, 0.5) is 11.5 Å². The number of hydrogen-bond acceptors (Lipinski definition) is 5. The smallest absolute Gasteiger partial charge is 0.276 e. The van der Waals surface area contributed by atoms with E-state index >= 15 is 0 Å². The van der Waals surface area contributed by atoms with Gasteiger partial charge in [0.15, 0.2) is 5.69 Å². The average molecular weight is 361 g/mol. The highest BCUT2D eigenvalue weighted by molar-refractivity contribution is 6.07. The van der Waals surface area contributed by atoms with Crippen molar-refractivity contribution >= 4 is 28.3 Å². The molecule has 3 aromatic rings. The maximum absolute atomic E-state index is 12.5. The van der Waals surface area contributed by atoms with Crippen LogP contribution in [-0.2, 0) is 0 Å². The van der Waals surface area contributed by atoms with E-state index in [2.05, 4.69) is 25.8 Å². The molecule has 1 amide bonds. The molecule has 1 aromatic carbocycles. The van der Waals surface area contributed by atoms with Gasteiger partial charge in [0.05, 0.1) is 11.2 Å². The van der Waals surface area contributed by atoms with Crippen LogP contribution in [0.5, 0.6) is 0 Å². The number of hydrogen-bond donors (Lipinski definition) is 2. The van der Waals surface area contributed by atoms with Crippen LogP contribution in [-0.4, -0.2) is 27.1 Å². The summed E-state index contributed by atoms with van der Waals surface area (Å²) in [6, 6.07) is 13.5. The van der Waals surface area contributed by atoms with Crippen LogP contribution in [0.15, 0.2) is 48.7 Å². The van der Waals surface area contributed by atoms with Gasteiger partial charge in [-0.05, 0) is 37.1 Å². The molecular formula is C21H23N5O. The molecule has 0 aliphatic heterocycles. The summed E-state index contributed by atoms with van der Waals surface area (Å²) in [7, 11) is 0. The summed E-state index contributed by atoms with van der Waals surface area (Å²) in [4.78, 5) is 16.9. The Kier molecular flexibility index (Phi) is 5.23. The highest BCUT2D eigenvalue weighted by atomic mass is 16.1. The molecule has 1 aliphatic carbocycles. The minimum absolute atomic E-state index is 0.286. The van der Waals surface area contributed by atoms with Gasteiger partial charge in [-0.25, -0.2) is 0 Å². The number of para-hydroxylation sites is 1. The SMILES string of the molecule is O=C(Nc1cccc2cccnc12)c1ccc(NC2CCCCCC2)nn1. The number of anilines is 2. The molecule has 0 spiro atoms. The largest absolute Gasteiger partial charge is 0.366 e. The molecule has 0 bridgehead atoms. The van der Waals surface area contributed by atoms with E-state index in [-0.39, 0.29) is 11.6 Å². The summed E-state index contributed by atoms with van der Waals surface area (Å²) < 4.78 is 0. The van der Waals surface area contributed by atoms with Gasteiger partial charge in [-0.2, -0.15) is 0 Å². The highest BCUT2D eigenvalue weighted by Crippen LogP contribution is 2.22. The van der Waals surface area contributed by atoms with Crippen LogP contribution in [0.2, 0.25) is 0 Å². The molecule has 1 fully saturated rings. The number of nitrogens with zero attached hydrogens (tertiary/aromatic N) is 3. The predicted molar refractivity (Wildman–Crippen MR) is 107 cm³/mol. The Labute approximate surface area is 158 Å². The lowest BCUT2D eigenvalue weighted by Crippen LogP contribution is -2.20. The summed E-state index contributed by atoms with van der Waals surface area (Å²) in [6.07, 6.45) is 9.18. The molecule has 2 N–H and O–H groups in total. The van der Waals surface area contributed by atoms with Gasteiger partial charge in [-0.3, -0.25) is 9.78 Å². The molecule has 0 atom stereocenters. The van der Waals surface area contributed by atoms with Gasteiger partial charge in [0, 0.05) is 17.6 Å². The molecule has 1 aliphatic rings. The van der Waals surface area contributed by atoms with Crippen molar-refractivity contribution in [3.8, 4) is 0 Å². The number of fused-ring (bicyclic) bond motifs is 1. The Morgan fingerprint density at radius 2 is 1.74 bits per heavy atom. The summed E-state index contributed by atoms with van der Waals surface area (Å²) in [6.45, 7) is 0. The first kappa shape index (κ1) is 17.4. The molecule has 6 nitrogen and oxygen atoms in total. The van der Waals surface area contributed by atoms with E-state index < -0.39 is 0 Å². The Morgan fingerprint density at radius 3 is 2.52 bits per heavy atom. The summed E-state index contributed by atoms with van der Waals surface area (Å²) >= 11 is 0. The third-order valence-electron chi connectivity index (χ3n) is 4.99. The molecule has 27 heavy (non-hydrogen) atoms. The molecular weight excluding hydrogens is 338 g/mol. The number of aromatic nitrogens is 3. The lowest BCUT2D eigenvalue weighted by molar-refractivity contribution is 0.102. The number of benzene rings is 1. The second kappa shape index (κ2) is 8.12. The molecule has 0 saturated heterocycles. The molecule has 6 heteroatoms. The number of pyridine rings is 1. The number of nitrogens with one attached hydrogen (secondary N) is 2. The monoisotopic (exact) mass is 361 g/mol. The maximum atomic E-state index is 12.5. The van der Waals surface area contributed by atoms with Crippen molar-refractivity contribution in [1.82, 2.24) is 15.2 Å². The summed E-state index contributed by atoms with van der Waals surface area (Å²) in [5.74, 6) is 0.437. The standard InChI is InChI=1S/C21H23N5O/c27-21(24-17-11-5-7-15-8-6-14-22-20(15)17)18-12-13-19(26-25-18)23-16-9-3-1-2-4-10-16/h5-8,11-14,16H,1-4,9-10H2,(H,23,26)(H,24,27). The first-order chi connectivity index (χ1) is 13.3. The van der Waals surface area contributed by atoms with E-state index in [9.17, 15) is 4.79 Å². The molecule has 1 saturated carbocycles. The van der Waals surface area contributed by atoms with Gasteiger partial charge >= 0.3 is 0 Å². The lowest BCUT2D eigenvalue weighted by Gasteiger charge is -2.16. The Morgan fingerprint density at radius 1 is 0.926 bits per heavy atom. The second-order valence-electron chi connectivity index (χ2n) is 6.97. The van der Waals surface area contributed by atoms with Crippen molar-refractivity contribution in [3.05, 3.63) is 54.4 Å². The predicted octanol–water partition coefficient (Wildman–Crippen LogP) is 4.41. The van der Waals surface area contributed by atoms with E-state index in [0.717, 1.165) is 29.6 Å². The Bertz CT molecular complexity index is 912. The van der Waals surface area contributed by atoms with Crippen molar-refractivity contribution < 1.29 is 4.79 Å². The second-order valence-corrected chi connectivity index (χ2v) is 6.97. The highest BCUT2D eigenvalue weighted by Gasteiger charge is 2.14. The van der Waals surface area contributed by atoms with Crippen molar-refractivity contribution in [2.24, 2.45) is 0 Å². The zero-order chi connectivity index (χ0) is 18.5. The van der Waals surface area contributed by atoms with Crippen LogP contribution in [0.3, 0.4) is 0 Å². The van der Waals surface area contributed by atoms with E-state index in [4.69, 9.17) is 0 Å². The third kappa shape index (κ3) is 4.22. The fourth-order valence-corrected chi connectivity index (χ4v) is 3.55. The van der Waals surface area contributed by atoms with Crippen molar-refractivity contribution in [2.45, 2.75) is 44.6 Å². The van der Waals surface area contributed by atoms with Gasteiger partial charge in [0.2, 0.25) is 0 Å². The normalized spacial score (nSPS) is 15.3. The zero-order valence-corrected chi connectivity index (χ0v) is 15.2. The number of rotatable bonds is 4. The van der Waals surface area contributed by atoms with Crippen molar-refractivity contribution in [3.63, 3.8) is 0 Å². The summed E-state index contributed by atoms with van der Waals surface area (Å²) in [5, 5.41) is 15.6. The minimum atomic E-state index is -0.290. The molecule has 0 radical (unpaired) electrons. The maximum Gasteiger partial charge on any atom is 0.276 e. The van der Waals surface area contributed by atoms with Crippen LogP contribution in [0, 0.1) is 0 Å². The van der Waals surface area contributed by atoms with Crippen molar-refractivity contribution in [1.29, 1.82) is 0 Å². The van der Waals surface area contributed by atoms with E-state index in [1.54, 1.807) is 12.3 Å². The topological polar surface area (TPSA) is 79.8 Å². The third-order valence-corrected chi connectivity index (χ3v) is 4.99. The first-order valence-electron chi connectivity index (χ1n) is 9.55. The Balaban J connectivity index is 1.44. The van der Waals surface area contributed by atoms with Gasteiger partial charge in [0.25, 0.3) is 5.91 Å². The number of carbonyl (C=O) groups excluding carboxylic acids is 1. The van der Waals surface area contributed by atoms with Crippen LogP contribution >= 0.6 is 0 Å². The quantitative estimate of drug-likeness (QED) is 0.673. The van der Waals surface area contributed by atoms with E-state index in [1.807, 2.05) is 36.4 Å². The lowest BCUT2D eigenvalue weighted by atomic mass is 10.1. The molecule has 0 unspecified atom stereocenters. The minimum Gasteiger partial charge on any atom is -0.366 e. The summed E-state index contributed by atoms with van der Waals surface area (Å²) in [5.41, 5.74) is 1.71. The van der Waals surface area contributed by atoms with Gasteiger partial charge in [-0.1, -0.05) is 43.9 Å².